The van der Waals surface area contributed by atoms with Gasteiger partial charge in [0, 0.05) is 5.69 Å². The predicted octanol–water partition coefficient (Wildman–Crippen LogP) is 2.36. The van der Waals surface area contributed by atoms with E-state index in [9.17, 15) is 0 Å². The Kier molecular flexibility index (Phi) is 3.49. The van der Waals surface area contributed by atoms with Crippen molar-refractivity contribution in [3.05, 3.63) is 30.3 Å². The number of alkyl halides is 2. The second-order valence-corrected chi connectivity index (χ2v) is 3.03. The molecule has 0 amide bonds. The van der Waals surface area contributed by atoms with Gasteiger partial charge in [0.1, 0.15) is 0 Å². The van der Waals surface area contributed by atoms with Gasteiger partial charge in [-0.05, 0) is 12.1 Å². The number of para-hydroxylation sites is 1. The van der Waals surface area contributed by atoms with Gasteiger partial charge >= 0.3 is 0 Å². The van der Waals surface area contributed by atoms with E-state index in [1.165, 1.54) is 0 Å². The van der Waals surface area contributed by atoms with Crippen molar-refractivity contribution in [1.29, 1.82) is 0 Å². The normalized spacial score (nSPS) is 10.1. The fourth-order valence-electron chi connectivity index (χ4n) is 0.659. The van der Waals surface area contributed by atoms with Gasteiger partial charge in [0.05, 0.1) is 0 Å². The number of halogens is 2. The molecule has 1 aromatic carbocycles. The first-order valence-electron chi connectivity index (χ1n) is 3.14. The van der Waals surface area contributed by atoms with Crippen LogP contribution in [0.2, 0.25) is 0 Å². The Bertz CT molecular complexity index is 201. The average Bonchev–Trinajstić information content (AvgIpc) is 2.03. The minimum absolute atomic E-state index is 0.602. The molecule has 0 bridgehead atoms. The van der Waals surface area contributed by atoms with Crippen molar-refractivity contribution >= 4 is 28.9 Å². The molecule has 0 aromatic heterocycles. The lowest BCUT2D eigenvalue weighted by molar-refractivity contribution is 0.893. The van der Waals surface area contributed by atoms with Crippen LogP contribution in [-0.4, -0.2) is 4.96 Å². The summed E-state index contributed by atoms with van der Waals surface area (Å²) in [6.45, 7) is 0. The Morgan fingerprint density at radius 2 is 1.73 bits per heavy atom. The zero-order valence-corrected chi connectivity index (χ0v) is 7.23. The number of nitrogens with one attached hydrogen (secondary N) is 2. The first-order chi connectivity index (χ1) is 5.29. The molecular weight excluding hydrogens is 183 g/mol. The Hall–Kier alpha value is -0.440. The van der Waals surface area contributed by atoms with Gasteiger partial charge in [-0.3, -0.25) is 0 Å². The second kappa shape index (κ2) is 4.44. The van der Waals surface area contributed by atoms with Crippen molar-refractivity contribution in [2.75, 3.05) is 5.43 Å². The molecule has 2 nitrogen and oxygen atoms in total. The van der Waals surface area contributed by atoms with Gasteiger partial charge in [0.2, 0.25) is 0 Å². The fraction of sp³-hybridized carbons (Fsp3) is 0.143. The van der Waals surface area contributed by atoms with Crippen molar-refractivity contribution in [1.82, 2.24) is 5.43 Å². The van der Waals surface area contributed by atoms with Crippen LogP contribution >= 0.6 is 23.2 Å². The van der Waals surface area contributed by atoms with Crippen LogP contribution in [-0.2, 0) is 0 Å². The quantitative estimate of drug-likeness (QED) is 0.435. The van der Waals surface area contributed by atoms with Crippen molar-refractivity contribution in [2.24, 2.45) is 0 Å². The van der Waals surface area contributed by atoms with Gasteiger partial charge in [-0.25, -0.2) is 5.43 Å². The number of hydrazine groups is 1. The van der Waals surface area contributed by atoms with Crippen molar-refractivity contribution in [3.8, 4) is 0 Å². The van der Waals surface area contributed by atoms with E-state index in [0.29, 0.717) is 0 Å². The lowest BCUT2D eigenvalue weighted by Crippen LogP contribution is -2.25. The van der Waals surface area contributed by atoms with E-state index in [1.807, 2.05) is 30.3 Å². The molecule has 0 heterocycles. The molecule has 11 heavy (non-hydrogen) atoms. The zero-order valence-electron chi connectivity index (χ0n) is 5.72. The lowest BCUT2D eigenvalue weighted by Gasteiger charge is -2.07. The largest absolute Gasteiger partial charge is 0.319 e. The zero-order chi connectivity index (χ0) is 8.10. The Balaban J connectivity index is 2.39. The molecule has 0 radical (unpaired) electrons. The van der Waals surface area contributed by atoms with Crippen LogP contribution in [0.1, 0.15) is 0 Å². The van der Waals surface area contributed by atoms with Crippen LogP contribution in [0.15, 0.2) is 30.3 Å². The van der Waals surface area contributed by atoms with Crippen molar-refractivity contribution < 1.29 is 0 Å². The van der Waals surface area contributed by atoms with E-state index in [4.69, 9.17) is 23.2 Å². The van der Waals surface area contributed by atoms with Crippen LogP contribution < -0.4 is 10.9 Å². The highest BCUT2D eigenvalue weighted by Crippen LogP contribution is 2.04. The smallest absolute Gasteiger partial charge is 0.174 e. The minimum Gasteiger partial charge on any atom is -0.319 e. The summed E-state index contributed by atoms with van der Waals surface area (Å²) in [6, 6.07) is 9.58. The van der Waals surface area contributed by atoms with Crippen LogP contribution in [0.5, 0.6) is 0 Å². The van der Waals surface area contributed by atoms with Crippen LogP contribution in [0.3, 0.4) is 0 Å². The SMILES string of the molecule is ClC(Cl)NNc1ccccc1. The Morgan fingerprint density at radius 1 is 1.09 bits per heavy atom. The molecule has 0 unspecified atom stereocenters. The molecule has 1 aromatic rings. The van der Waals surface area contributed by atoms with E-state index in [-0.39, 0.29) is 0 Å². The van der Waals surface area contributed by atoms with E-state index in [1.54, 1.807) is 0 Å². The molecule has 0 aliphatic rings. The van der Waals surface area contributed by atoms with Gasteiger partial charge in [0.15, 0.2) is 4.96 Å². The van der Waals surface area contributed by atoms with E-state index < -0.39 is 4.96 Å². The first kappa shape index (κ1) is 8.65. The highest BCUT2D eigenvalue weighted by Gasteiger charge is 1.93. The molecule has 0 saturated heterocycles. The standard InChI is InChI=1S/C7H8Cl2N2/c8-7(9)11-10-6-4-2-1-3-5-6/h1-5,7,10-11H. The molecule has 0 aliphatic heterocycles. The number of anilines is 1. The molecule has 4 heteroatoms. The summed E-state index contributed by atoms with van der Waals surface area (Å²) in [5.74, 6) is 0. The van der Waals surface area contributed by atoms with Gasteiger partial charge in [-0.1, -0.05) is 41.4 Å². The number of hydrogen-bond acceptors (Lipinski definition) is 2. The summed E-state index contributed by atoms with van der Waals surface area (Å²) >= 11 is 10.8. The van der Waals surface area contributed by atoms with E-state index >= 15 is 0 Å². The van der Waals surface area contributed by atoms with Crippen molar-refractivity contribution in [2.45, 2.75) is 4.96 Å². The number of benzene rings is 1. The van der Waals surface area contributed by atoms with E-state index in [0.717, 1.165) is 5.69 Å². The van der Waals surface area contributed by atoms with Crippen LogP contribution in [0.25, 0.3) is 0 Å². The fourth-order valence-corrected chi connectivity index (χ4v) is 0.768. The maximum Gasteiger partial charge on any atom is 0.174 e. The monoisotopic (exact) mass is 190 g/mol. The Labute approximate surface area is 75.5 Å². The molecule has 0 saturated carbocycles. The summed E-state index contributed by atoms with van der Waals surface area (Å²) in [4.78, 5) is -0.602. The van der Waals surface area contributed by atoms with Crippen molar-refractivity contribution in [3.63, 3.8) is 0 Å². The van der Waals surface area contributed by atoms with Gasteiger partial charge in [0.25, 0.3) is 0 Å². The number of rotatable bonds is 3. The molecule has 0 spiro atoms. The molecule has 0 aliphatic carbocycles. The van der Waals surface area contributed by atoms with Crippen LogP contribution in [0, 0.1) is 0 Å². The molecule has 60 valence electrons. The van der Waals surface area contributed by atoms with Gasteiger partial charge < -0.3 is 5.43 Å². The Morgan fingerprint density at radius 3 is 2.27 bits per heavy atom. The summed E-state index contributed by atoms with van der Waals surface area (Å²) < 4.78 is 0. The summed E-state index contributed by atoms with van der Waals surface area (Å²) in [7, 11) is 0. The molecule has 1 rings (SSSR count). The number of hydrogen-bond donors (Lipinski definition) is 2. The predicted molar refractivity (Wildman–Crippen MR) is 48.7 cm³/mol. The van der Waals surface area contributed by atoms with Crippen LogP contribution in [0.4, 0.5) is 5.69 Å². The summed E-state index contributed by atoms with van der Waals surface area (Å²) in [5.41, 5.74) is 6.40. The van der Waals surface area contributed by atoms with E-state index in [2.05, 4.69) is 10.9 Å². The van der Waals surface area contributed by atoms with Gasteiger partial charge in [-0.2, -0.15) is 0 Å². The highest BCUT2D eigenvalue weighted by molar-refractivity contribution is 6.43. The lowest BCUT2D eigenvalue weighted by atomic mass is 10.3. The molecule has 0 atom stereocenters. The molecular formula is C7H8Cl2N2. The maximum atomic E-state index is 5.42. The summed E-state index contributed by atoms with van der Waals surface area (Å²) in [6.07, 6.45) is 0. The maximum absolute atomic E-state index is 5.42. The minimum atomic E-state index is -0.602. The first-order valence-corrected chi connectivity index (χ1v) is 4.01. The molecule has 0 fully saturated rings. The van der Waals surface area contributed by atoms with Gasteiger partial charge in [-0.15, -0.1) is 0 Å². The summed E-state index contributed by atoms with van der Waals surface area (Å²) in [5, 5.41) is 0. The molecule has 2 N–H and O–H groups in total. The third kappa shape index (κ3) is 3.46. The topological polar surface area (TPSA) is 24.1 Å². The second-order valence-electron chi connectivity index (χ2n) is 1.94. The third-order valence-electron chi connectivity index (χ3n) is 1.10. The average molecular weight is 191 g/mol. The highest BCUT2D eigenvalue weighted by atomic mass is 35.5. The third-order valence-corrected chi connectivity index (χ3v) is 1.32.